The fraction of sp³-hybridized carbons (Fsp3) is 0.148. The molecule has 34 heavy (non-hydrogen) atoms. The number of nitrogens with zero attached hydrogens (tertiary/aromatic N) is 2. The number of ketones is 1. The Morgan fingerprint density at radius 3 is 2.35 bits per heavy atom. The van der Waals surface area contributed by atoms with Gasteiger partial charge in [-0.15, -0.1) is 0 Å². The highest BCUT2D eigenvalue weighted by Crippen LogP contribution is 2.55. The van der Waals surface area contributed by atoms with Crippen molar-refractivity contribution in [3.63, 3.8) is 0 Å². The summed E-state index contributed by atoms with van der Waals surface area (Å²) in [5.74, 6) is -2.52. The zero-order valence-corrected chi connectivity index (χ0v) is 18.6. The first-order chi connectivity index (χ1) is 16.4. The van der Waals surface area contributed by atoms with E-state index in [2.05, 4.69) is 6.07 Å². The van der Waals surface area contributed by atoms with Gasteiger partial charge < -0.3 is 10.6 Å². The largest absolute Gasteiger partial charge is 0.368 e. The van der Waals surface area contributed by atoms with Crippen molar-refractivity contribution < 1.29 is 14.0 Å². The smallest absolute Gasteiger partial charge is 0.241 e. The molecule has 1 saturated heterocycles. The number of halogens is 2. The predicted octanol–water partition coefficient (Wildman–Crippen LogP) is 4.73. The molecule has 0 saturated carbocycles. The Morgan fingerprint density at radius 2 is 1.71 bits per heavy atom. The van der Waals surface area contributed by atoms with E-state index in [1.807, 2.05) is 35.2 Å². The molecule has 0 spiro atoms. The van der Waals surface area contributed by atoms with Crippen molar-refractivity contribution in [3.05, 3.63) is 106 Å². The van der Waals surface area contributed by atoms with Crippen LogP contribution in [-0.4, -0.2) is 23.8 Å². The molecule has 5 rings (SSSR count). The van der Waals surface area contributed by atoms with Gasteiger partial charge in [-0.25, -0.2) is 4.39 Å². The zero-order valence-electron chi connectivity index (χ0n) is 17.9. The molecule has 7 heteroatoms. The van der Waals surface area contributed by atoms with Crippen LogP contribution < -0.4 is 10.6 Å². The molecule has 168 valence electrons. The molecule has 2 aliphatic heterocycles. The third-order valence-electron chi connectivity index (χ3n) is 6.76. The number of carbonyl (C=O) groups is 2. The van der Waals surface area contributed by atoms with Crippen molar-refractivity contribution in [1.82, 2.24) is 0 Å². The summed E-state index contributed by atoms with van der Waals surface area (Å²) in [6, 6.07) is 19.9. The van der Waals surface area contributed by atoms with E-state index in [9.17, 15) is 19.2 Å². The molecule has 5 nitrogen and oxygen atoms in total. The summed E-state index contributed by atoms with van der Waals surface area (Å²) in [6.45, 7) is 0. The lowest BCUT2D eigenvalue weighted by atomic mass is 9.67. The fourth-order valence-electron chi connectivity index (χ4n) is 5.26. The minimum absolute atomic E-state index is 0.273. The third kappa shape index (κ3) is 3.12. The zero-order chi connectivity index (χ0) is 24.0. The summed E-state index contributed by atoms with van der Waals surface area (Å²) in [5.41, 5.74) is 6.63. The third-order valence-corrected chi connectivity index (χ3v) is 7.02. The number of amides is 1. The molecule has 0 bridgehead atoms. The number of fused-ring (bicyclic) bond motifs is 3. The Bertz CT molecular complexity index is 1360. The Kier molecular flexibility index (Phi) is 5.22. The Labute approximate surface area is 200 Å². The second-order valence-corrected chi connectivity index (χ2v) is 8.90. The van der Waals surface area contributed by atoms with E-state index in [4.69, 9.17) is 17.3 Å². The lowest BCUT2D eigenvalue weighted by Gasteiger charge is -2.36. The number of hydrogen-bond donors (Lipinski definition) is 1. The summed E-state index contributed by atoms with van der Waals surface area (Å²) in [7, 11) is 0. The Morgan fingerprint density at radius 1 is 1.03 bits per heavy atom. The molecule has 2 heterocycles. The quantitative estimate of drug-likeness (QED) is 0.557. The molecule has 2 aliphatic rings. The molecule has 4 atom stereocenters. The van der Waals surface area contributed by atoms with Gasteiger partial charge in [0, 0.05) is 22.2 Å². The summed E-state index contributed by atoms with van der Waals surface area (Å²) < 4.78 is 13.6. The second-order valence-electron chi connectivity index (χ2n) is 8.46. The number of carbonyl (C=O) groups excluding carboxylic acids is 2. The SMILES string of the molecule is N#C[C@]1(C(N)=O)[C@@H]2C=Cc3ccccc3N2[C@H](C(=O)c2ccc(F)cc2)[C@@H]1c1ccc(Cl)cc1. The highest BCUT2D eigenvalue weighted by Gasteiger charge is 2.65. The number of hydrogen-bond acceptors (Lipinski definition) is 4. The van der Waals surface area contributed by atoms with Gasteiger partial charge in [0.25, 0.3) is 0 Å². The number of anilines is 1. The molecule has 1 amide bonds. The van der Waals surface area contributed by atoms with Crippen LogP contribution in [0.4, 0.5) is 10.1 Å². The molecule has 0 radical (unpaired) electrons. The van der Waals surface area contributed by atoms with E-state index in [1.54, 1.807) is 30.3 Å². The number of benzene rings is 3. The maximum atomic E-state index is 14.0. The lowest BCUT2D eigenvalue weighted by Crippen LogP contribution is -2.49. The highest BCUT2D eigenvalue weighted by atomic mass is 35.5. The Balaban J connectivity index is 1.80. The topological polar surface area (TPSA) is 87.2 Å². The van der Waals surface area contributed by atoms with Crippen molar-refractivity contribution in [3.8, 4) is 6.07 Å². The number of Topliss-reactive ketones (excluding diaryl/α,β-unsaturated/α-hetero) is 1. The van der Waals surface area contributed by atoms with Crippen molar-refractivity contribution >= 4 is 35.1 Å². The summed E-state index contributed by atoms with van der Waals surface area (Å²) in [5, 5.41) is 10.9. The molecule has 1 fully saturated rings. The normalized spacial score (nSPS) is 24.7. The van der Waals surface area contributed by atoms with Crippen LogP contribution in [0.2, 0.25) is 5.02 Å². The van der Waals surface area contributed by atoms with E-state index in [-0.39, 0.29) is 11.3 Å². The van der Waals surface area contributed by atoms with Crippen LogP contribution in [0.1, 0.15) is 27.4 Å². The maximum Gasteiger partial charge on any atom is 0.241 e. The van der Waals surface area contributed by atoms with Crippen LogP contribution in [0, 0.1) is 22.6 Å². The van der Waals surface area contributed by atoms with Crippen molar-refractivity contribution in [2.24, 2.45) is 11.1 Å². The van der Waals surface area contributed by atoms with Crippen LogP contribution >= 0.6 is 11.6 Å². The van der Waals surface area contributed by atoms with E-state index >= 15 is 0 Å². The van der Waals surface area contributed by atoms with Crippen LogP contribution in [0.25, 0.3) is 6.08 Å². The summed E-state index contributed by atoms with van der Waals surface area (Å²) in [4.78, 5) is 28.9. The standard InChI is InChI=1S/C27H19ClFN3O2/c28-19-10-5-17(6-11-19)23-24(25(33)18-7-12-20(29)13-8-18)32-21-4-2-1-3-16(21)9-14-22(32)27(23,15-30)26(31)34/h1-14,22-24H,(H2,31,34)/t22-,23-,24-,27-/m0/s1. The number of primary amides is 1. The minimum atomic E-state index is -1.74. The number of nitriles is 1. The number of nitrogens with two attached hydrogens (primary N) is 1. The summed E-state index contributed by atoms with van der Waals surface area (Å²) in [6.07, 6.45) is 3.60. The van der Waals surface area contributed by atoms with Crippen molar-refractivity contribution in [2.45, 2.75) is 18.0 Å². The van der Waals surface area contributed by atoms with Crippen molar-refractivity contribution in [2.75, 3.05) is 4.90 Å². The van der Waals surface area contributed by atoms with Crippen molar-refractivity contribution in [1.29, 1.82) is 5.26 Å². The number of rotatable bonds is 4. The van der Waals surface area contributed by atoms with E-state index in [0.717, 1.165) is 5.56 Å². The molecular formula is C27H19ClFN3O2. The molecular weight excluding hydrogens is 453 g/mol. The molecule has 2 N–H and O–H groups in total. The summed E-state index contributed by atoms with van der Waals surface area (Å²) >= 11 is 6.10. The monoisotopic (exact) mass is 471 g/mol. The van der Waals surface area contributed by atoms with Gasteiger partial charge in [-0.1, -0.05) is 54.1 Å². The molecule has 3 aromatic rings. The van der Waals surface area contributed by atoms with Gasteiger partial charge in [-0.05, 0) is 53.6 Å². The van der Waals surface area contributed by atoms with Crippen LogP contribution in [0.15, 0.2) is 78.9 Å². The average Bonchev–Trinajstić information content (AvgIpc) is 3.16. The molecule has 0 aromatic heterocycles. The van der Waals surface area contributed by atoms with Crippen LogP contribution in [0.3, 0.4) is 0 Å². The minimum Gasteiger partial charge on any atom is -0.368 e. The first kappa shape index (κ1) is 21.9. The fourth-order valence-corrected chi connectivity index (χ4v) is 5.38. The first-order valence-corrected chi connectivity index (χ1v) is 11.1. The molecule has 0 unspecified atom stereocenters. The van der Waals surface area contributed by atoms with E-state index in [1.165, 1.54) is 24.3 Å². The van der Waals surface area contributed by atoms with Gasteiger partial charge in [0.05, 0.1) is 12.1 Å². The van der Waals surface area contributed by atoms with Gasteiger partial charge in [-0.2, -0.15) is 5.26 Å². The van der Waals surface area contributed by atoms with Crippen LogP contribution in [0.5, 0.6) is 0 Å². The maximum absolute atomic E-state index is 14.0. The lowest BCUT2D eigenvalue weighted by molar-refractivity contribution is -0.125. The molecule has 3 aromatic carbocycles. The van der Waals surface area contributed by atoms with E-state index < -0.39 is 35.1 Å². The number of para-hydroxylation sites is 1. The van der Waals surface area contributed by atoms with Gasteiger partial charge >= 0.3 is 0 Å². The predicted molar refractivity (Wildman–Crippen MR) is 128 cm³/mol. The van der Waals surface area contributed by atoms with Gasteiger partial charge in [0.15, 0.2) is 11.2 Å². The second kappa shape index (κ2) is 8.12. The Hall–Kier alpha value is -3.95. The van der Waals surface area contributed by atoms with Gasteiger partial charge in [-0.3, -0.25) is 9.59 Å². The van der Waals surface area contributed by atoms with E-state index in [0.29, 0.717) is 16.3 Å². The molecule has 0 aliphatic carbocycles. The average molecular weight is 472 g/mol. The van der Waals surface area contributed by atoms with Crippen LogP contribution in [-0.2, 0) is 4.79 Å². The van der Waals surface area contributed by atoms with Gasteiger partial charge in [0.2, 0.25) is 5.91 Å². The first-order valence-electron chi connectivity index (χ1n) is 10.7. The highest BCUT2D eigenvalue weighted by molar-refractivity contribution is 6.30. The van der Waals surface area contributed by atoms with Gasteiger partial charge in [0.1, 0.15) is 11.9 Å².